The Kier molecular flexibility index (Phi) is 3.79. The number of hydrogen-bond donors (Lipinski definition) is 0. The van der Waals surface area contributed by atoms with Gasteiger partial charge in [-0.05, 0) is 57.2 Å². The average Bonchev–Trinajstić information content (AvgIpc) is 2.79. The van der Waals surface area contributed by atoms with Gasteiger partial charge >= 0.3 is 5.97 Å². The summed E-state index contributed by atoms with van der Waals surface area (Å²) < 4.78 is 19.0. The monoisotopic (exact) mass is 431 g/mol. The van der Waals surface area contributed by atoms with Gasteiger partial charge < -0.3 is 19.1 Å². The van der Waals surface area contributed by atoms with E-state index in [1.165, 1.54) is 28.8 Å². The van der Waals surface area contributed by atoms with Crippen LogP contribution in [0.2, 0.25) is 0 Å². The molecule has 2 unspecified atom stereocenters. The molecule has 0 bridgehead atoms. The molecule has 0 fully saturated rings. The van der Waals surface area contributed by atoms with E-state index in [0.717, 1.165) is 49.4 Å². The summed E-state index contributed by atoms with van der Waals surface area (Å²) in [7, 11) is 0. The van der Waals surface area contributed by atoms with Crippen LogP contribution in [-0.2, 0) is 27.1 Å². The molecule has 0 saturated carbocycles. The molecule has 166 valence electrons. The normalized spacial score (nSPS) is 33.1. The third-order valence-electron chi connectivity index (χ3n) is 8.34. The van der Waals surface area contributed by atoms with Crippen molar-refractivity contribution in [1.82, 2.24) is 0 Å². The molecule has 4 atom stereocenters. The zero-order valence-electron chi connectivity index (χ0n) is 18.7. The van der Waals surface area contributed by atoms with E-state index < -0.39 is 5.60 Å². The molecule has 1 aliphatic carbocycles. The van der Waals surface area contributed by atoms with Gasteiger partial charge in [-0.15, -0.1) is 0 Å². The van der Waals surface area contributed by atoms with Crippen molar-refractivity contribution in [2.24, 2.45) is 11.8 Å². The highest BCUT2D eigenvalue weighted by atomic mass is 16.6. The van der Waals surface area contributed by atoms with E-state index in [1.54, 1.807) is 0 Å². The van der Waals surface area contributed by atoms with Crippen molar-refractivity contribution in [2.75, 3.05) is 24.6 Å². The number of anilines is 1. The predicted molar refractivity (Wildman–Crippen MR) is 121 cm³/mol. The third kappa shape index (κ3) is 2.42. The zero-order valence-corrected chi connectivity index (χ0v) is 18.7. The first-order valence-corrected chi connectivity index (χ1v) is 12.1. The van der Waals surface area contributed by atoms with E-state index in [4.69, 9.17) is 14.2 Å². The highest BCUT2D eigenvalue weighted by Gasteiger charge is 2.55. The summed E-state index contributed by atoms with van der Waals surface area (Å²) >= 11 is 0. The minimum atomic E-state index is -0.433. The molecule has 0 aromatic heterocycles. The lowest BCUT2D eigenvalue weighted by Gasteiger charge is -2.51. The largest absolute Gasteiger partial charge is 0.492 e. The van der Waals surface area contributed by atoms with Crippen molar-refractivity contribution in [3.8, 4) is 5.75 Å². The fourth-order valence-electron chi connectivity index (χ4n) is 6.87. The van der Waals surface area contributed by atoms with Crippen molar-refractivity contribution < 1.29 is 19.0 Å². The Labute approximate surface area is 188 Å². The van der Waals surface area contributed by atoms with Gasteiger partial charge in [0.25, 0.3) is 0 Å². The van der Waals surface area contributed by atoms with Gasteiger partial charge in [0.05, 0.1) is 18.1 Å². The summed E-state index contributed by atoms with van der Waals surface area (Å²) in [5.74, 6) is 1.56. The Morgan fingerprint density at radius 3 is 2.78 bits per heavy atom. The van der Waals surface area contributed by atoms with Gasteiger partial charge in [0.15, 0.2) is 0 Å². The molecule has 5 nitrogen and oxygen atoms in total. The number of carbonyl (C=O) groups is 1. The highest BCUT2D eigenvalue weighted by Crippen LogP contribution is 2.57. The van der Waals surface area contributed by atoms with Gasteiger partial charge in [0.2, 0.25) is 0 Å². The van der Waals surface area contributed by atoms with Gasteiger partial charge in [-0.2, -0.15) is 0 Å². The van der Waals surface area contributed by atoms with Crippen LogP contribution in [-0.4, -0.2) is 37.4 Å². The summed E-state index contributed by atoms with van der Waals surface area (Å²) in [5, 5.41) is 0. The predicted octanol–water partition coefficient (Wildman–Crippen LogP) is 4.21. The highest BCUT2D eigenvalue weighted by molar-refractivity contribution is 5.93. The number of fused-ring (bicyclic) bond motifs is 7. The van der Waals surface area contributed by atoms with Crippen LogP contribution in [0.15, 0.2) is 41.7 Å². The van der Waals surface area contributed by atoms with Crippen molar-refractivity contribution in [1.29, 1.82) is 0 Å². The number of allylic oxidation sites excluding steroid dienone is 2. The quantitative estimate of drug-likeness (QED) is 0.576. The molecular formula is C27H29NO4. The molecule has 5 heteroatoms. The smallest absolute Gasteiger partial charge is 0.338 e. The number of carbonyl (C=O) groups excluding carboxylic acids is 1. The first-order chi connectivity index (χ1) is 15.5. The third-order valence-corrected chi connectivity index (χ3v) is 8.34. The van der Waals surface area contributed by atoms with Crippen molar-refractivity contribution in [3.63, 3.8) is 0 Å². The van der Waals surface area contributed by atoms with Crippen LogP contribution in [0.4, 0.5) is 5.69 Å². The van der Waals surface area contributed by atoms with Crippen molar-refractivity contribution in [3.05, 3.63) is 58.4 Å². The maximum atomic E-state index is 13.4. The molecule has 0 N–H and O–H groups in total. The van der Waals surface area contributed by atoms with E-state index in [1.807, 2.05) is 18.2 Å². The van der Waals surface area contributed by atoms with Gasteiger partial charge in [-0.1, -0.05) is 18.2 Å². The van der Waals surface area contributed by atoms with E-state index in [-0.39, 0.29) is 29.8 Å². The van der Waals surface area contributed by atoms with E-state index in [2.05, 4.69) is 30.9 Å². The number of ether oxygens (including phenoxy) is 3. The van der Waals surface area contributed by atoms with Crippen LogP contribution in [0.25, 0.3) is 0 Å². The number of benzene rings is 1. The number of esters is 1. The Morgan fingerprint density at radius 2 is 1.91 bits per heavy atom. The number of rotatable bonds is 0. The molecule has 0 amide bonds. The molecule has 6 aliphatic rings. The summed E-state index contributed by atoms with van der Waals surface area (Å²) in [4.78, 5) is 15.9. The van der Waals surface area contributed by atoms with Crippen LogP contribution >= 0.6 is 0 Å². The van der Waals surface area contributed by atoms with E-state index in [0.29, 0.717) is 6.61 Å². The lowest BCUT2D eigenvalue weighted by Crippen LogP contribution is -2.52. The minimum Gasteiger partial charge on any atom is -0.492 e. The maximum Gasteiger partial charge on any atom is 0.338 e. The van der Waals surface area contributed by atoms with Gasteiger partial charge in [0.1, 0.15) is 23.2 Å². The SMILES string of the molecule is CC1(C)OC2=C(C(=O)OC3C=CC=CC23)[C@H]2c3cc4c5c(c3OC[C@H]21)CCCN5CCC4. The molecule has 7 rings (SSSR count). The van der Waals surface area contributed by atoms with E-state index >= 15 is 0 Å². The average molecular weight is 432 g/mol. The van der Waals surface area contributed by atoms with Crippen molar-refractivity contribution >= 4 is 11.7 Å². The lowest BCUT2D eigenvalue weighted by molar-refractivity contribution is -0.154. The lowest BCUT2D eigenvalue weighted by atomic mass is 9.67. The van der Waals surface area contributed by atoms with Gasteiger partial charge in [-0.3, -0.25) is 0 Å². The zero-order chi connectivity index (χ0) is 21.6. The fraction of sp³-hybridized carbons (Fsp3) is 0.519. The first kappa shape index (κ1) is 18.8. The van der Waals surface area contributed by atoms with Crippen LogP contribution in [0.5, 0.6) is 5.75 Å². The Balaban J connectivity index is 1.46. The molecule has 32 heavy (non-hydrogen) atoms. The molecule has 5 aliphatic heterocycles. The number of nitrogens with zero attached hydrogens (tertiary/aromatic N) is 1. The second-order valence-corrected chi connectivity index (χ2v) is 10.5. The second kappa shape index (κ2) is 6.43. The summed E-state index contributed by atoms with van der Waals surface area (Å²) in [5.41, 5.74) is 5.65. The number of hydrogen-bond acceptors (Lipinski definition) is 5. The molecule has 1 aromatic rings. The molecule has 0 spiro atoms. The molecule has 0 radical (unpaired) electrons. The van der Waals surface area contributed by atoms with Gasteiger partial charge in [-0.25, -0.2) is 4.79 Å². The minimum absolute atomic E-state index is 0.0503. The standard InChI is InChI=1S/C27H29NO4/c1-27(2)19-14-30-24-17-9-6-12-28-11-5-7-15(23(17)28)13-18(24)21(19)22-25(32-27)16-8-3-4-10-20(16)31-26(22)29/h3-4,8,10,13,16,19-21H,5-7,9,11-12,14H2,1-2H3/t16?,19-,20?,21+/m1/s1. The summed E-state index contributed by atoms with van der Waals surface area (Å²) in [6.07, 6.45) is 12.3. The summed E-state index contributed by atoms with van der Waals surface area (Å²) in [6, 6.07) is 2.35. The molecule has 5 heterocycles. The number of aryl methyl sites for hydroxylation is 1. The van der Waals surface area contributed by atoms with E-state index in [9.17, 15) is 4.79 Å². The topological polar surface area (TPSA) is 48.0 Å². The van der Waals surface area contributed by atoms with Gasteiger partial charge in [0, 0.05) is 41.7 Å². The van der Waals surface area contributed by atoms with Crippen molar-refractivity contribution in [2.45, 2.75) is 57.2 Å². The Hall–Kier alpha value is -2.69. The first-order valence-electron chi connectivity index (χ1n) is 12.1. The van der Waals surface area contributed by atoms with Crippen LogP contribution < -0.4 is 9.64 Å². The second-order valence-electron chi connectivity index (χ2n) is 10.5. The Morgan fingerprint density at radius 1 is 1.09 bits per heavy atom. The fourth-order valence-corrected chi connectivity index (χ4v) is 6.87. The van der Waals surface area contributed by atoms with Crippen LogP contribution in [0.3, 0.4) is 0 Å². The molecular weight excluding hydrogens is 402 g/mol. The summed E-state index contributed by atoms with van der Waals surface area (Å²) in [6.45, 7) is 7.12. The molecule has 0 saturated heterocycles. The van der Waals surface area contributed by atoms with Crippen LogP contribution in [0.1, 0.15) is 49.3 Å². The maximum absolute atomic E-state index is 13.4. The molecule has 1 aromatic carbocycles. The Bertz CT molecular complexity index is 1120. The van der Waals surface area contributed by atoms with Crippen LogP contribution in [0, 0.1) is 11.8 Å².